The molecule has 1 aromatic carbocycles. The first-order chi connectivity index (χ1) is 8.19. The monoisotopic (exact) mass is 301 g/mol. The summed E-state index contributed by atoms with van der Waals surface area (Å²) in [5.74, 6) is -0.741. The molecule has 0 spiro atoms. The molecular weight excluding hydrogens is 292 g/mol. The van der Waals surface area contributed by atoms with Gasteiger partial charge in [-0.15, -0.1) is 10.2 Å². The summed E-state index contributed by atoms with van der Waals surface area (Å²) in [7, 11) is 0. The van der Waals surface area contributed by atoms with Gasteiger partial charge in [-0.2, -0.15) is 0 Å². The van der Waals surface area contributed by atoms with Crippen LogP contribution in [0.4, 0.5) is 8.78 Å². The van der Waals surface area contributed by atoms with Crippen LogP contribution in [0.1, 0.15) is 12.7 Å². The van der Waals surface area contributed by atoms with Crippen LogP contribution < -0.4 is 0 Å². The first-order valence-electron chi connectivity index (χ1n) is 5.11. The largest absolute Gasteiger partial charge is 0.310 e. The average molecular weight is 302 g/mol. The van der Waals surface area contributed by atoms with Crippen LogP contribution in [0, 0.1) is 11.6 Å². The zero-order valence-corrected chi connectivity index (χ0v) is 10.7. The molecule has 0 N–H and O–H groups in total. The van der Waals surface area contributed by atoms with Crippen LogP contribution >= 0.6 is 15.9 Å². The predicted octanol–water partition coefficient (Wildman–Crippen LogP) is 3.14. The third-order valence-corrected chi connectivity index (χ3v) is 2.96. The molecule has 1 heterocycles. The van der Waals surface area contributed by atoms with Crippen molar-refractivity contribution in [1.82, 2.24) is 14.8 Å². The van der Waals surface area contributed by atoms with E-state index in [4.69, 9.17) is 0 Å². The molecule has 90 valence electrons. The van der Waals surface area contributed by atoms with Gasteiger partial charge in [0.1, 0.15) is 5.82 Å². The summed E-state index contributed by atoms with van der Waals surface area (Å²) in [6.45, 7) is 2.50. The van der Waals surface area contributed by atoms with E-state index in [-0.39, 0.29) is 5.56 Å². The molecule has 0 saturated carbocycles. The van der Waals surface area contributed by atoms with Gasteiger partial charge in [-0.1, -0.05) is 22.0 Å². The lowest BCUT2D eigenvalue weighted by atomic mass is 10.2. The summed E-state index contributed by atoms with van der Waals surface area (Å²) >= 11 is 3.28. The molecule has 6 heteroatoms. The van der Waals surface area contributed by atoms with E-state index in [0.29, 0.717) is 23.5 Å². The molecule has 0 aliphatic carbocycles. The van der Waals surface area contributed by atoms with Crippen LogP contribution in [0.5, 0.6) is 0 Å². The Balaban J connectivity index is 2.60. The van der Waals surface area contributed by atoms with Crippen molar-refractivity contribution in [2.24, 2.45) is 0 Å². The smallest absolute Gasteiger partial charge is 0.169 e. The molecule has 0 aliphatic heterocycles. The number of aromatic nitrogens is 3. The van der Waals surface area contributed by atoms with Crippen molar-refractivity contribution in [2.75, 3.05) is 0 Å². The molecule has 0 saturated heterocycles. The van der Waals surface area contributed by atoms with Crippen LogP contribution in [0.15, 0.2) is 18.2 Å². The number of hydrogen-bond acceptors (Lipinski definition) is 2. The van der Waals surface area contributed by atoms with Crippen molar-refractivity contribution in [1.29, 1.82) is 0 Å². The summed E-state index contributed by atoms with van der Waals surface area (Å²) in [5, 5.41) is 8.35. The van der Waals surface area contributed by atoms with Crippen LogP contribution in [0.3, 0.4) is 0 Å². The van der Waals surface area contributed by atoms with Crippen molar-refractivity contribution in [3.63, 3.8) is 0 Å². The molecule has 0 aliphatic rings. The van der Waals surface area contributed by atoms with Crippen LogP contribution in [-0.4, -0.2) is 14.8 Å². The zero-order chi connectivity index (χ0) is 12.4. The van der Waals surface area contributed by atoms with E-state index in [2.05, 4.69) is 26.1 Å². The normalized spacial score (nSPS) is 10.8. The molecule has 2 rings (SSSR count). The second-order valence-electron chi connectivity index (χ2n) is 3.42. The van der Waals surface area contributed by atoms with E-state index >= 15 is 0 Å². The molecule has 0 amide bonds. The Labute approximate surface area is 106 Å². The number of halogens is 3. The number of rotatable bonds is 3. The maximum Gasteiger partial charge on any atom is 0.169 e. The number of benzene rings is 1. The highest BCUT2D eigenvalue weighted by molar-refractivity contribution is 9.08. The fourth-order valence-electron chi connectivity index (χ4n) is 1.64. The number of nitrogens with zero attached hydrogens (tertiary/aromatic N) is 3. The van der Waals surface area contributed by atoms with Gasteiger partial charge in [-0.05, 0) is 19.1 Å². The minimum absolute atomic E-state index is 0.131. The molecule has 0 radical (unpaired) electrons. The summed E-state index contributed by atoms with van der Waals surface area (Å²) in [5.41, 5.74) is 0.131. The highest BCUT2D eigenvalue weighted by Crippen LogP contribution is 2.24. The molecule has 2 aromatic rings. The lowest BCUT2D eigenvalue weighted by Crippen LogP contribution is -2.03. The van der Waals surface area contributed by atoms with Gasteiger partial charge in [0.2, 0.25) is 0 Å². The Morgan fingerprint density at radius 2 is 2.06 bits per heavy atom. The van der Waals surface area contributed by atoms with Crippen LogP contribution in [0.2, 0.25) is 0 Å². The average Bonchev–Trinajstić information content (AvgIpc) is 2.75. The van der Waals surface area contributed by atoms with Gasteiger partial charge in [-0.3, -0.25) is 0 Å². The minimum atomic E-state index is -0.893. The quantitative estimate of drug-likeness (QED) is 0.816. The third-order valence-electron chi connectivity index (χ3n) is 2.46. The van der Waals surface area contributed by atoms with Gasteiger partial charge in [0, 0.05) is 6.54 Å². The maximum atomic E-state index is 13.6. The standard InChI is InChI=1S/C11H10BrF2N3/c1-2-17-9(6-12)15-16-11(17)7-4-3-5-8(13)10(7)14/h3-5H,2,6H2,1H3. The first kappa shape index (κ1) is 12.2. The second-order valence-corrected chi connectivity index (χ2v) is 3.98. The summed E-state index contributed by atoms with van der Waals surface area (Å²) in [4.78, 5) is 0. The van der Waals surface area contributed by atoms with Gasteiger partial charge in [0.25, 0.3) is 0 Å². The number of alkyl halides is 1. The molecule has 3 nitrogen and oxygen atoms in total. The lowest BCUT2D eigenvalue weighted by Gasteiger charge is -2.07. The Hall–Kier alpha value is -1.30. The molecule has 17 heavy (non-hydrogen) atoms. The zero-order valence-electron chi connectivity index (χ0n) is 9.12. The molecule has 0 fully saturated rings. The van der Waals surface area contributed by atoms with E-state index in [1.54, 1.807) is 4.57 Å². The minimum Gasteiger partial charge on any atom is -0.310 e. The van der Waals surface area contributed by atoms with Crippen molar-refractivity contribution in [3.05, 3.63) is 35.7 Å². The van der Waals surface area contributed by atoms with Crippen molar-refractivity contribution in [3.8, 4) is 11.4 Å². The van der Waals surface area contributed by atoms with E-state index in [1.807, 2.05) is 6.92 Å². The lowest BCUT2D eigenvalue weighted by molar-refractivity contribution is 0.509. The SMILES string of the molecule is CCn1c(CBr)nnc1-c1cccc(F)c1F. The van der Waals surface area contributed by atoms with Crippen molar-refractivity contribution >= 4 is 15.9 Å². The molecule has 1 aromatic heterocycles. The maximum absolute atomic E-state index is 13.6. The molecule has 0 atom stereocenters. The van der Waals surface area contributed by atoms with E-state index in [1.165, 1.54) is 12.1 Å². The topological polar surface area (TPSA) is 30.7 Å². The Kier molecular flexibility index (Phi) is 3.51. The van der Waals surface area contributed by atoms with E-state index in [9.17, 15) is 8.78 Å². The van der Waals surface area contributed by atoms with Gasteiger partial charge < -0.3 is 4.57 Å². The van der Waals surface area contributed by atoms with Gasteiger partial charge in [-0.25, -0.2) is 8.78 Å². The van der Waals surface area contributed by atoms with Gasteiger partial charge in [0.15, 0.2) is 17.5 Å². The van der Waals surface area contributed by atoms with Crippen molar-refractivity contribution in [2.45, 2.75) is 18.8 Å². The fourth-order valence-corrected chi connectivity index (χ4v) is 2.06. The molecule has 0 bridgehead atoms. The Morgan fingerprint density at radius 3 is 2.71 bits per heavy atom. The first-order valence-corrected chi connectivity index (χ1v) is 6.23. The number of hydrogen-bond donors (Lipinski definition) is 0. The molecular formula is C11H10BrF2N3. The third kappa shape index (κ3) is 2.09. The highest BCUT2D eigenvalue weighted by atomic mass is 79.9. The summed E-state index contributed by atoms with van der Waals surface area (Å²) in [6.07, 6.45) is 0. The van der Waals surface area contributed by atoms with Gasteiger partial charge >= 0.3 is 0 Å². The molecule has 0 unspecified atom stereocenters. The highest BCUT2D eigenvalue weighted by Gasteiger charge is 2.17. The van der Waals surface area contributed by atoms with Crippen LogP contribution in [0.25, 0.3) is 11.4 Å². The fraction of sp³-hybridized carbons (Fsp3) is 0.273. The predicted molar refractivity (Wildman–Crippen MR) is 63.7 cm³/mol. The van der Waals surface area contributed by atoms with E-state index < -0.39 is 11.6 Å². The Bertz CT molecular complexity index is 540. The summed E-state index contributed by atoms with van der Waals surface area (Å²) in [6, 6.07) is 4.03. The van der Waals surface area contributed by atoms with Gasteiger partial charge in [0.05, 0.1) is 10.9 Å². The van der Waals surface area contributed by atoms with E-state index in [0.717, 1.165) is 6.07 Å². The van der Waals surface area contributed by atoms with Crippen LogP contribution in [-0.2, 0) is 11.9 Å². The Morgan fingerprint density at radius 1 is 1.29 bits per heavy atom. The summed E-state index contributed by atoms with van der Waals surface area (Å²) < 4.78 is 28.5. The second kappa shape index (κ2) is 4.91. The van der Waals surface area contributed by atoms with Crippen molar-refractivity contribution < 1.29 is 8.78 Å².